The molecule has 0 N–H and O–H groups in total. The maximum Gasteiger partial charge on any atom is 0.223 e. The molecule has 1 heterocycles. The molecule has 24 heavy (non-hydrogen) atoms. The molecule has 0 amide bonds. The van der Waals surface area contributed by atoms with E-state index in [1.165, 1.54) is 5.56 Å². The van der Waals surface area contributed by atoms with Crippen LogP contribution in [0.2, 0.25) is 0 Å². The molecule has 2 aromatic carbocycles. The molecule has 126 valence electrons. The van der Waals surface area contributed by atoms with Crippen molar-refractivity contribution in [2.24, 2.45) is 0 Å². The van der Waals surface area contributed by atoms with E-state index in [-0.39, 0.29) is 6.61 Å². The molecule has 5 heteroatoms. The predicted octanol–water partition coefficient (Wildman–Crippen LogP) is 5.08. The molecule has 0 bridgehead atoms. The first-order valence-corrected chi connectivity index (χ1v) is 7.95. The van der Waals surface area contributed by atoms with Crippen molar-refractivity contribution in [2.45, 2.75) is 34.3 Å². The number of hydrogen-bond donors (Lipinski definition) is 0. The first-order valence-electron chi connectivity index (χ1n) is 7.95. The van der Waals surface area contributed by atoms with Crippen molar-refractivity contribution >= 4 is 0 Å². The first-order chi connectivity index (χ1) is 11.7. The zero-order valence-corrected chi connectivity index (χ0v) is 14.4. The highest BCUT2D eigenvalue weighted by Crippen LogP contribution is 2.25. The van der Waals surface area contributed by atoms with Gasteiger partial charge in [-0.25, -0.2) is 0 Å². The smallest absolute Gasteiger partial charge is 0.223 e. The summed E-state index contributed by atoms with van der Waals surface area (Å²) in [5.74, 6) is 3.23. The van der Waals surface area contributed by atoms with E-state index in [1.54, 1.807) is 6.92 Å². The minimum Gasteiger partial charge on any atom is -0.485 e. The Morgan fingerprint density at radius 1 is 0.917 bits per heavy atom. The van der Waals surface area contributed by atoms with E-state index < -0.39 is 0 Å². The van der Waals surface area contributed by atoms with Crippen LogP contribution in [0.1, 0.15) is 31.1 Å². The Kier molecular flexibility index (Phi) is 6.37. The average Bonchev–Trinajstić information content (AvgIpc) is 3.03. The lowest BCUT2D eigenvalue weighted by Gasteiger charge is -2.08. The van der Waals surface area contributed by atoms with Crippen LogP contribution in [0.3, 0.4) is 0 Å². The summed E-state index contributed by atoms with van der Waals surface area (Å²) in [7, 11) is 0. The highest BCUT2D eigenvalue weighted by atomic mass is 16.5. The van der Waals surface area contributed by atoms with Crippen LogP contribution in [0.5, 0.6) is 17.2 Å². The van der Waals surface area contributed by atoms with E-state index >= 15 is 0 Å². The summed E-state index contributed by atoms with van der Waals surface area (Å²) in [5.41, 5.74) is 1.19. The van der Waals surface area contributed by atoms with Gasteiger partial charge < -0.3 is 14.0 Å². The summed E-state index contributed by atoms with van der Waals surface area (Å²) in [6.45, 7) is 8.04. The second-order valence-corrected chi connectivity index (χ2v) is 4.91. The molecule has 0 fully saturated rings. The highest BCUT2D eigenvalue weighted by molar-refractivity contribution is 5.37. The molecular formula is C19H22N2O3. The van der Waals surface area contributed by atoms with Crippen LogP contribution in [-0.2, 0) is 6.61 Å². The van der Waals surface area contributed by atoms with E-state index in [1.807, 2.05) is 69.3 Å². The third-order valence-corrected chi connectivity index (χ3v) is 3.00. The Bertz CT molecular complexity index is 751. The summed E-state index contributed by atoms with van der Waals surface area (Å²) in [5, 5.41) is 3.79. The quantitative estimate of drug-likeness (QED) is 0.654. The van der Waals surface area contributed by atoms with Gasteiger partial charge in [0.05, 0.1) is 0 Å². The number of hydrogen-bond acceptors (Lipinski definition) is 5. The van der Waals surface area contributed by atoms with Gasteiger partial charge in [0.2, 0.25) is 11.7 Å². The summed E-state index contributed by atoms with van der Waals surface area (Å²) in [6.07, 6.45) is 0. The number of ether oxygens (including phenoxy) is 2. The van der Waals surface area contributed by atoms with Gasteiger partial charge in [0, 0.05) is 13.0 Å². The molecule has 3 aromatic rings. The Hall–Kier alpha value is -2.82. The minimum absolute atomic E-state index is 0.255. The highest BCUT2D eigenvalue weighted by Gasteiger charge is 2.04. The van der Waals surface area contributed by atoms with Crippen LogP contribution in [-0.4, -0.2) is 10.1 Å². The molecule has 0 saturated heterocycles. The molecule has 5 nitrogen and oxygen atoms in total. The molecule has 3 rings (SSSR count). The van der Waals surface area contributed by atoms with Crippen LogP contribution in [0.15, 0.2) is 53.1 Å². The monoisotopic (exact) mass is 326 g/mol. The lowest BCUT2D eigenvalue weighted by Crippen LogP contribution is -1.97. The van der Waals surface area contributed by atoms with Crippen molar-refractivity contribution in [3.05, 3.63) is 65.8 Å². The maximum atomic E-state index is 5.80. The van der Waals surface area contributed by atoms with Crippen LogP contribution in [0.4, 0.5) is 0 Å². The molecule has 0 aliphatic rings. The van der Waals surface area contributed by atoms with Gasteiger partial charge in [-0.05, 0) is 31.2 Å². The minimum atomic E-state index is 0.255. The van der Waals surface area contributed by atoms with Gasteiger partial charge >= 0.3 is 0 Å². The maximum absolute atomic E-state index is 5.80. The SMILES string of the molecule is CC.Cc1ccc(Oc2cccc(OCc3noc(C)n3)c2)cc1. The fraction of sp³-hybridized carbons (Fsp3) is 0.263. The summed E-state index contributed by atoms with van der Waals surface area (Å²) >= 11 is 0. The van der Waals surface area contributed by atoms with Gasteiger partial charge in [-0.2, -0.15) is 4.98 Å². The zero-order chi connectivity index (χ0) is 17.4. The molecule has 1 aromatic heterocycles. The van der Waals surface area contributed by atoms with Gasteiger partial charge in [0.15, 0.2) is 6.61 Å². The van der Waals surface area contributed by atoms with Crippen LogP contribution >= 0.6 is 0 Å². The van der Waals surface area contributed by atoms with Crippen molar-refractivity contribution in [1.29, 1.82) is 0 Å². The van der Waals surface area contributed by atoms with Crippen LogP contribution < -0.4 is 9.47 Å². The Balaban J connectivity index is 0.00000100. The van der Waals surface area contributed by atoms with Gasteiger partial charge in [-0.15, -0.1) is 0 Å². The Morgan fingerprint density at radius 3 is 2.29 bits per heavy atom. The molecule has 0 saturated carbocycles. The first kappa shape index (κ1) is 17.5. The molecule has 0 aliphatic heterocycles. The normalized spacial score (nSPS) is 9.83. The van der Waals surface area contributed by atoms with E-state index in [2.05, 4.69) is 10.1 Å². The van der Waals surface area contributed by atoms with E-state index in [9.17, 15) is 0 Å². The number of nitrogens with zero attached hydrogens (tertiary/aromatic N) is 2. The van der Waals surface area contributed by atoms with Gasteiger partial charge in [-0.1, -0.05) is 42.8 Å². The number of aryl methyl sites for hydroxylation is 2. The van der Waals surface area contributed by atoms with Crippen molar-refractivity contribution in [3.8, 4) is 17.2 Å². The van der Waals surface area contributed by atoms with Crippen molar-refractivity contribution < 1.29 is 14.0 Å². The second-order valence-electron chi connectivity index (χ2n) is 4.91. The molecular weight excluding hydrogens is 304 g/mol. The topological polar surface area (TPSA) is 57.4 Å². The molecule has 0 aliphatic carbocycles. The van der Waals surface area contributed by atoms with Crippen LogP contribution in [0.25, 0.3) is 0 Å². The van der Waals surface area contributed by atoms with E-state index in [0.29, 0.717) is 23.2 Å². The lowest BCUT2D eigenvalue weighted by atomic mass is 10.2. The fourth-order valence-electron chi connectivity index (χ4n) is 1.92. The Morgan fingerprint density at radius 2 is 1.62 bits per heavy atom. The van der Waals surface area contributed by atoms with Gasteiger partial charge in [-0.3, -0.25) is 0 Å². The molecule has 0 spiro atoms. The fourth-order valence-corrected chi connectivity index (χ4v) is 1.92. The number of benzene rings is 2. The van der Waals surface area contributed by atoms with Gasteiger partial charge in [0.25, 0.3) is 0 Å². The van der Waals surface area contributed by atoms with Crippen molar-refractivity contribution in [2.75, 3.05) is 0 Å². The van der Waals surface area contributed by atoms with Crippen molar-refractivity contribution in [1.82, 2.24) is 10.1 Å². The second kappa shape index (κ2) is 8.72. The van der Waals surface area contributed by atoms with E-state index in [0.717, 1.165) is 5.75 Å². The van der Waals surface area contributed by atoms with Gasteiger partial charge in [0.1, 0.15) is 17.2 Å². The van der Waals surface area contributed by atoms with Crippen LogP contribution in [0, 0.1) is 13.8 Å². The molecule has 0 atom stereocenters. The Labute approximate surface area is 142 Å². The number of aromatic nitrogens is 2. The largest absolute Gasteiger partial charge is 0.485 e. The van der Waals surface area contributed by atoms with E-state index in [4.69, 9.17) is 14.0 Å². The standard InChI is InChI=1S/C17H16N2O3.C2H6/c1-12-6-8-14(9-7-12)21-16-5-3-4-15(10-16)20-11-17-18-13(2)22-19-17;1-2/h3-10H,11H2,1-2H3;1-2H3. The summed E-state index contributed by atoms with van der Waals surface area (Å²) < 4.78 is 16.3. The van der Waals surface area contributed by atoms with Crippen molar-refractivity contribution in [3.63, 3.8) is 0 Å². The predicted molar refractivity (Wildman–Crippen MR) is 92.4 cm³/mol. The third-order valence-electron chi connectivity index (χ3n) is 3.00. The zero-order valence-electron chi connectivity index (χ0n) is 14.4. The number of rotatable bonds is 5. The lowest BCUT2D eigenvalue weighted by molar-refractivity contribution is 0.284. The third kappa shape index (κ3) is 5.12. The molecule has 0 unspecified atom stereocenters. The summed E-state index contributed by atoms with van der Waals surface area (Å²) in [6, 6.07) is 15.3. The molecule has 0 radical (unpaired) electrons. The average molecular weight is 326 g/mol. The summed E-state index contributed by atoms with van der Waals surface area (Å²) in [4.78, 5) is 4.09.